The highest BCUT2D eigenvalue weighted by Gasteiger charge is 2.29. The van der Waals surface area contributed by atoms with Crippen LogP contribution in [0.5, 0.6) is 5.75 Å². The van der Waals surface area contributed by atoms with Crippen molar-refractivity contribution in [2.45, 2.75) is 24.3 Å². The molecule has 174 valence electrons. The fraction of sp³-hybridized carbons (Fsp3) is 0.308. The van der Waals surface area contributed by atoms with Gasteiger partial charge >= 0.3 is 0 Å². The summed E-state index contributed by atoms with van der Waals surface area (Å²) in [5, 5.41) is 0. The minimum absolute atomic E-state index is 0.143. The van der Waals surface area contributed by atoms with Crippen LogP contribution in [0.3, 0.4) is 0 Å². The van der Waals surface area contributed by atoms with E-state index >= 15 is 0 Å². The molecule has 0 unspecified atom stereocenters. The van der Waals surface area contributed by atoms with E-state index in [1.165, 1.54) is 12.7 Å². The lowest BCUT2D eigenvalue weighted by molar-refractivity contribution is 0.402. The van der Waals surface area contributed by atoms with E-state index in [1.54, 1.807) is 12.1 Å². The van der Waals surface area contributed by atoms with Crippen molar-refractivity contribution in [3.8, 4) is 5.75 Å². The van der Waals surface area contributed by atoms with E-state index in [-0.39, 0.29) is 17.5 Å². The van der Waals surface area contributed by atoms with E-state index in [1.807, 2.05) is 33.2 Å². The molecule has 0 aliphatic carbocycles. The average Bonchev–Trinajstić information content (AvgIpc) is 3.23. The highest BCUT2D eigenvalue weighted by Crippen LogP contribution is 2.35. The lowest BCUT2D eigenvalue weighted by atomic mass is 10.0. The van der Waals surface area contributed by atoms with Gasteiger partial charge in [-0.2, -0.15) is 0 Å². The van der Waals surface area contributed by atoms with E-state index < -0.39 is 10.0 Å². The van der Waals surface area contributed by atoms with Crippen molar-refractivity contribution in [3.05, 3.63) is 83.4 Å². The molecule has 3 aromatic rings. The van der Waals surface area contributed by atoms with Crippen molar-refractivity contribution in [2.75, 3.05) is 44.1 Å². The molecule has 1 heterocycles. The lowest BCUT2D eigenvalue weighted by Crippen LogP contribution is -2.37. The Labute approximate surface area is 196 Å². The number of aryl methyl sites for hydroxylation is 1. The minimum atomic E-state index is -3.77. The lowest BCUT2D eigenvalue weighted by Gasteiger charge is -2.31. The van der Waals surface area contributed by atoms with Crippen LogP contribution in [0.1, 0.15) is 22.7 Å². The van der Waals surface area contributed by atoms with Gasteiger partial charge in [-0.25, -0.2) is 13.1 Å². The third-order valence-corrected chi connectivity index (χ3v) is 7.61. The Kier molecular flexibility index (Phi) is 6.63. The first kappa shape index (κ1) is 23.1. The van der Waals surface area contributed by atoms with Gasteiger partial charge in [-0.05, 0) is 60.4 Å². The van der Waals surface area contributed by atoms with Gasteiger partial charge in [-0.3, -0.25) is 0 Å². The molecule has 33 heavy (non-hydrogen) atoms. The second-order valence-corrected chi connectivity index (χ2v) is 10.3. The molecule has 6 nitrogen and oxygen atoms in total. The van der Waals surface area contributed by atoms with Gasteiger partial charge in [0.25, 0.3) is 0 Å². The number of nitrogens with one attached hydrogen (secondary N) is 1. The zero-order valence-electron chi connectivity index (χ0n) is 19.6. The summed E-state index contributed by atoms with van der Waals surface area (Å²) in [6, 6.07) is 21.7. The molecule has 1 N–H and O–H groups in total. The number of para-hydroxylation sites is 1. The van der Waals surface area contributed by atoms with Crippen LogP contribution in [-0.2, 0) is 16.4 Å². The zero-order chi connectivity index (χ0) is 23.6. The van der Waals surface area contributed by atoms with E-state index in [0.717, 1.165) is 35.5 Å². The molecule has 0 amide bonds. The zero-order valence-corrected chi connectivity index (χ0v) is 20.4. The Morgan fingerprint density at radius 1 is 1.06 bits per heavy atom. The monoisotopic (exact) mass is 465 g/mol. The van der Waals surface area contributed by atoms with Crippen molar-refractivity contribution in [2.24, 2.45) is 0 Å². The molecule has 0 saturated heterocycles. The first-order valence-corrected chi connectivity index (χ1v) is 12.5. The summed E-state index contributed by atoms with van der Waals surface area (Å²) in [7, 11) is 1.73. The summed E-state index contributed by atoms with van der Waals surface area (Å²) in [6.45, 7) is 2.96. The van der Waals surface area contributed by atoms with Crippen LogP contribution in [0, 0.1) is 6.92 Å². The molecule has 3 aromatic carbocycles. The normalized spacial score (nSPS) is 14.1. The van der Waals surface area contributed by atoms with Crippen LogP contribution in [0.15, 0.2) is 71.6 Å². The number of rotatable bonds is 8. The summed E-state index contributed by atoms with van der Waals surface area (Å²) in [4.78, 5) is 4.51. The quantitative estimate of drug-likeness (QED) is 0.542. The fourth-order valence-corrected chi connectivity index (χ4v) is 5.64. The van der Waals surface area contributed by atoms with E-state index in [2.05, 4.69) is 57.0 Å². The first-order valence-electron chi connectivity index (χ1n) is 11.1. The van der Waals surface area contributed by atoms with Gasteiger partial charge in [-0.1, -0.05) is 36.4 Å². The second-order valence-electron chi connectivity index (χ2n) is 8.58. The third-order valence-electron chi connectivity index (χ3n) is 6.17. The van der Waals surface area contributed by atoms with Crippen LogP contribution in [-0.4, -0.2) is 42.7 Å². The van der Waals surface area contributed by atoms with Gasteiger partial charge in [0.05, 0.1) is 13.2 Å². The number of fused-ring (bicyclic) bond motifs is 1. The molecule has 0 bridgehead atoms. The number of hydrogen-bond donors (Lipinski definition) is 1. The molecule has 0 spiro atoms. The Bertz CT molecular complexity index is 1220. The maximum Gasteiger partial charge on any atom is 0.244 e. The summed E-state index contributed by atoms with van der Waals surface area (Å²) in [5.41, 5.74) is 5.48. The number of nitrogens with zero attached hydrogens (tertiary/aromatic N) is 2. The maximum atomic E-state index is 13.3. The largest absolute Gasteiger partial charge is 0.495 e. The van der Waals surface area contributed by atoms with Crippen molar-refractivity contribution in [1.29, 1.82) is 0 Å². The van der Waals surface area contributed by atoms with Crippen LogP contribution < -0.4 is 19.3 Å². The standard InChI is InChI=1S/C26H31N3O3S/c1-19-9-14-25(32-4)26(17-19)33(30,31)27-18-24(21-10-12-22(13-11-21)28(2)3)29-16-15-20-7-5-6-8-23(20)29/h5-14,17,24,27H,15-16,18H2,1-4H3/t24-/m0/s1. The first-order chi connectivity index (χ1) is 15.8. The Hall–Kier alpha value is -3.03. The Morgan fingerprint density at radius 2 is 1.79 bits per heavy atom. The number of methoxy groups -OCH3 is 1. The number of sulfonamides is 1. The van der Waals surface area contributed by atoms with Gasteiger partial charge in [0.15, 0.2) is 0 Å². The molecule has 1 aliphatic rings. The molecule has 7 heteroatoms. The molecule has 0 saturated carbocycles. The van der Waals surface area contributed by atoms with Crippen molar-refractivity contribution in [3.63, 3.8) is 0 Å². The van der Waals surface area contributed by atoms with Gasteiger partial charge in [0.2, 0.25) is 10.0 Å². The fourth-order valence-electron chi connectivity index (χ4n) is 4.35. The predicted molar refractivity (Wildman–Crippen MR) is 134 cm³/mol. The van der Waals surface area contributed by atoms with Crippen LogP contribution in [0.2, 0.25) is 0 Å². The van der Waals surface area contributed by atoms with Crippen molar-refractivity contribution < 1.29 is 13.2 Å². The second kappa shape index (κ2) is 9.45. The number of benzene rings is 3. The molecular formula is C26H31N3O3S. The van der Waals surface area contributed by atoms with Gasteiger partial charge in [0.1, 0.15) is 10.6 Å². The van der Waals surface area contributed by atoms with Gasteiger partial charge < -0.3 is 14.5 Å². The highest BCUT2D eigenvalue weighted by atomic mass is 32.2. The molecule has 0 aromatic heterocycles. The number of anilines is 2. The van der Waals surface area contributed by atoms with Gasteiger partial charge in [0, 0.05) is 38.6 Å². The predicted octanol–water partition coefficient (Wildman–Crippen LogP) is 4.15. The number of ether oxygens (including phenoxy) is 1. The average molecular weight is 466 g/mol. The molecular weight excluding hydrogens is 434 g/mol. The van der Waals surface area contributed by atoms with Crippen LogP contribution in [0.25, 0.3) is 0 Å². The smallest absolute Gasteiger partial charge is 0.244 e. The van der Waals surface area contributed by atoms with Crippen molar-refractivity contribution in [1.82, 2.24) is 4.72 Å². The van der Waals surface area contributed by atoms with Crippen LogP contribution in [0.4, 0.5) is 11.4 Å². The van der Waals surface area contributed by atoms with E-state index in [9.17, 15) is 8.42 Å². The third kappa shape index (κ3) is 4.84. The Balaban J connectivity index is 1.67. The summed E-state index contributed by atoms with van der Waals surface area (Å²) in [5.74, 6) is 0.339. The maximum absolute atomic E-state index is 13.3. The molecule has 1 atom stereocenters. The Morgan fingerprint density at radius 3 is 2.48 bits per heavy atom. The summed E-state index contributed by atoms with van der Waals surface area (Å²) >= 11 is 0. The topological polar surface area (TPSA) is 61.9 Å². The van der Waals surface area contributed by atoms with Crippen LogP contribution >= 0.6 is 0 Å². The van der Waals surface area contributed by atoms with Gasteiger partial charge in [-0.15, -0.1) is 0 Å². The minimum Gasteiger partial charge on any atom is -0.495 e. The van der Waals surface area contributed by atoms with Crippen molar-refractivity contribution >= 4 is 21.4 Å². The molecule has 0 fully saturated rings. The van der Waals surface area contributed by atoms with E-state index in [4.69, 9.17) is 4.74 Å². The molecule has 1 aliphatic heterocycles. The summed E-state index contributed by atoms with van der Waals surface area (Å²) in [6.07, 6.45) is 0.945. The highest BCUT2D eigenvalue weighted by molar-refractivity contribution is 7.89. The number of hydrogen-bond acceptors (Lipinski definition) is 5. The van der Waals surface area contributed by atoms with E-state index in [0.29, 0.717) is 5.75 Å². The molecule has 4 rings (SSSR count). The molecule has 0 radical (unpaired) electrons. The SMILES string of the molecule is COc1ccc(C)cc1S(=O)(=O)NC[C@@H](c1ccc(N(C)C)cc1)N1CCc2ccccc21. The summed E-state index contributed by atoms with van der Waals surface area (Å²) < 4.78 is 34.8.